The Bertz CT molecular complexity index is 712. The first kappa shape index (κ1) is 19.7. The van der Waals surface area contributed by atoms with Crippen LogP contribution in [0.3, 0.4) is 0 Å². The Kier molecular flexibility index (Phi) is 6.09. The molecule has 2 saturated heterocycles. The summed E-state index contributed by atoms with van der Waals surface area (Å²) in [6.07, 6.45) is 2.85. The highest BCUT2D eigenvalue weighted by molar-refractivity contribution is 5.84. The zero-order chi connectivity index (χ0) is 19.4. The lowest BCUT2D eigenvalue weighted by Gasteiger charge is -2.39. The summed E-state index contributed by atoms with van der Waals surface area (Å²) in [7, 11) is 0. The molecule has 1 atom stereocenters. The van der Waals surface area contributed by atoms with E-state index < -0.39 is 17.0 Å². The minimum absolute atomic E-state index is 0.0247. The molecule has 5 nitrogen and oxygen atoms in total. The van der Waals surface area contributed by atoms with E-state index in [-0.39, 0.29) is 23.9 Å². The Balaban J connectivity index is 1.63. The van der Waals surface area contributed by atoms with Crippen LogP contribution < -0.4 is 5.32 Å². The number of rotatable bonds is 6. The molecule has 2 aliphatic heterocycles. The number of halogens is 2. The molecule has 2 aliphatic rings. The first-order valence-corrected chi connectivity index (χ1v) is 9.66. The average Bonchev–Trinajstić information content (AvgIpc) is 3.05. The van der Waals surface area contributed by atoms with Crippen LogP contribution in [0.25, 0.3) is 0 Å². The number of nitrogens with one attached hydrogen (secondary N) is 1. The van der Waals surface area contributed by atoms with Gasteiger partial charge in [-0.3, -0.25) is 9.59 Å². The molecule has 1 aromatic carbocycles. The van der Waals surface area contributed by atoms with Crippen LogP contribution >= 0.6 is 0 Å². The van der Waals surface area contributed by atoms with Crippen LogP contribution in [0.2, 0.25) is 0 Å². The molecular weight excluding hydrogens is 352 g/mol. The van der Waals surface area contributed by atoms with Gasteiger partial charge in [-0.25, -0.2) is 8.78 Å². The summed E-state index contributed by atoms with van der Waals surface area (Å²) in [5, 5.41) is 2.79. The largest absolute Gasteiger partial charge is 0.356 e. The lowest BCUT2D eigenvalue weighted by atomic mass is 9.78. The first-order valence-electron chi connectivity index (χ1n) is 9.66. The second-order valence-corrected chi connectivity index (χ2v) is 7.55. The van der Waals surface area contributed by atoms with Gasteiger partial charge in [0.1, 0.15) is 0 Å². The highest BCUT2D eigenvalue weighted by Gasteiger charge is 2.48. The Morgan fingerprint density at radius 1 is 1.26 bits per heavy atom. The molecule has 0 radical (unpaired) electrons. The molecule has 7 heteroatoms. The van der Waals surface area contributed by atoms with Crippen LogP contribution in [0, 0.1) is 17.0 Å². The van der Waals surface area contributed by atoms with Crippen molar-refractivity contribution in [3.63, 3.8) is 0 Å². The normalized spacial score (nSPS) is 23.2. The second-order valence-electron chi connectivity index (χ2n) is 7.55. The van der Waals surface area contributed by atoms with Crippen LogP contribution in [-0.2, 0) is 16.1 Å². The van der Waals surface area contributed by atoms with Gasteiger partial charge in [-0.15, -0.1) is 0 Å². The van der Waals surface area contributed by atoms with Gasteiger partial charge in [0.2, 0.25) is 11.8 Å². The van der Waals surface area contributed by atoms with E-state index in [9.17, 15) is 18.4 Å². The molecule has 0 bridgehead atoms. The van der Waals surface area contributed by atoms with Crippen molar-refractivity contribution >= 4 is 11.8 Å². The van der Waals surface area contributed by atoms with E-state index in [4.69, 9.17) is 0 Å². The quantitative estimate of drug-likeness (QED) is 0.825. The summed E-state index contributed by atoms with van der Waals surface area (Å²) < 4.78 is 27.5. The van der Waals surface area contributed by atoms with E-state index in [1.807, 2.05) is 6.92 Å². The zero-order valence-corrected chi connectivity index (χ0v) is 15.8. The molecule has 2 heterocycles. The van der Waals surface area contributed by atoms with Gasteiger partial charge in [-0.2, -0.15) is 0 Å². The van der Waals surface area contributed by atoms with Crippen molar-refractivity contribution < 1.29 is 18.4 Å². The van der Waals surface area contributed by atoms with Crippen LogP contribution in [0.5, 0.6) is 0 Å². The predicted molar refractivity (Wildman–Crippen MR) is 97.8 cm³/mol. The van der Waals surface area contributed by atoms with E-state index in [0.29, 0.717) is 32.6 Å². The Labute approximate surface area is 158 Å². The van der Waals surface area contributed by atoms with Gasteiger partial charge < -0.3 is 15.1 Å². The van der Waals surface area contributed by atoms with Gasteiger partial charge in [-0.1, -0.05) is 12.1 Å². The van der Waals surface area contributed by atoms with Crippen molar-refractivity contribution in [3.8, 4) is 0 Å². The van der Waals surface area contributed by atoms with E-state index in [1.54, 1.807) is 4.90 Å². The third-order valence-electron chi connectivity index (χ3n) is 5.68. The number of likely N-dealkylation sites (tertiary alicyclic amines) is 2. The van der Waals surface area contributed by atoms with Gasteiger partial charge in [0, 0.05) is 44.7 Å². The van der Waals surface area contributed by atoms with Gasteiger partial charge in [0.25, 0.3) is 0 Å². The SMILES string of the molecule is CCNC(=O)CCN1CC[C@@]2(CCCN(Cc3cccc(F)c3F)C2=O)C1. The molecule has 1 N–H and O–H groups in total. The molecule has 1 spiro atoms. The summed E-state index contributed by atoms with van der Waals surface area (Å²) in [5.41, 5.74) is -0.241. The Hall–Kier alpha value is -2.02. The molecule has 0 aliphatic carbocycles. The van der Waals surface area contributed by atoms with Gasteiger partial charge in [-0.05, 0) is 38.8 Å². The summed E-state index contributed by atoms with van der Waals surface area (Å²) in [4.78, 5) is 28.6. The van der Waals surface area contributed by atoms with Gasteiger partial charge >= 0.3 is 0 Å². The van der Waals surface area contributed by atoms with Crippen molar-refractivity contribution in [2.45, 2.75) is 39.2 Å². The highest BCUT2D eigenvalue weighted by Crippen LogP contribution is 2.40. The highest BCUT2D eigenvalue weighted by atomic mass is 19.2. The van der Waals surface area contributed by atoms with Crippen molar-refractivity contribution in [2.75, 3.05) is 32.7 Å². The van der Waals surface area contributed by atoms with Crippen molar-refractivity contribution in [2.24, 2.45) is 5.41 Å². The van der Waals surface area contributed by atoms with E-state index in [1.165, 1.54) is 12.1 Å². The number of nitrogens with zero attached hydrogens (tertiary/aromatic N) is 2. The van der Waals surface area contributed by atoms with Crippen LogP contribution in [0.4, 0.5) is 8.78 Å². The number of carbonyl (C=O) groups is 2. The molecule has 2 amide bonds. The fourth-order valence-corrected chi connectivity index (χ4v) is 4.25. The Morgan fingerprint density at radius 2 is 2.07 bits per heavy atom. The van der Waals surface area contributed by atoms with Crippen LogP contribution in [0.1, 0.15) is 38.2 Å². The lowest BCUT2D eigenvalue weighted by molar-refractivity contribution is -0.146. The van der Waals surface area contributed by atoms with Crippen molar-refractivity contribution in [3.05, 3.63) is 35.4 Å². The summed E-state index contributed by atoms with van der Waals surface area (Å²) in [5.74, 6) is -1.71. The molecule has 2 fully saturated rings. The topological polar surface area (TPSA) is 52.7 Å². The molecular formula is C20H27F2N3O2. The number of hydrogen-bond acceptors (Lipinski definition) is 3. The summed E-state index contributed by atoms with van der Waals surface area (Å²) in [6.45, 7) is 5.23. The predicted octanol–water partition coefficient (Wildman–Crippen LogP) is 2.31. The zero-order valence-electron chi connectivity index (χ0n) is 15.8. The number of hydrogen-bond donors (Lipinski definition) is 1. The molecule has 27 heavy (non-hydrogen) atoms. The molecule has 0 saturated carbocycles. The number of piperidine rings is 1. The van der Waals surface area contributed by atoms with E-state index in [0.717, 1.165) is 31.9 Å². The van der Waals surface area contributed by atoms with Crippen molar-refractivity contribution in [1.29, 1.82) is 0 Å². The maximum absolute atomic E-state index is 14.0. The minimum Gasteiger partial charge on any atom is -0.356 e. The number of amides is 2. The summed E-state index contributed by atoms with van der Waals surface area (Å²) in [6, 6.07) is 4.08. The standard InChI is InChI=1S/C20H27F2N3O2/c1-2-23-17(26)7-11-24-12-9-20(14-24)8-4-10-25(19(20)27)13-15-5-3-6-16(21)18(15)22/h3,5-6H,2,4,7-14H2,1H3,(H,23,26)/t20-/m0/s1. The third kappa shape index (κ3) is 4.29. The fourth-order valence-electron chi connectivity index (χ4n) is 4.25. The van der Waals surface area contributed by atoms with Gasteiger partial charge in [0.15, 0.2) is 11.6 Å². The molecule has 0 unspecified atom stereocenters. The Morgan fingerprint density at radius 3 is 2.85 bits per heavy atom. The van der Waals surface area contributed by atoms with E-state index in [2.05, 4.69) is 10.2 Å². The molecule has 148 valence electrons. The number of carbonyl (C=O) groups excluding carboxylic acids is 2. The maximum Gasteiger partial charge on any atom is 0.230 e. The molecule has 1 aromatic rings. The van der Waals surface area contributed by atoms with Crippen LogP contribution in [-0.4, -0.2) is 54.3 Å². The van der Waals surface area contributed by atoms with Crippen LogP contribution in [0.15, 0.2) is 18.2 Å². The lowest BCUT2D eigenvalue weighted by Crippen LogP contribution is -2.49. The smallest absolute Gasteiger partial charge is 0.230 e. The monoisotopic (exact) mass is 379 g/mol. The average molecular weight is 379 g/mol. The van der Waals surface area contributed by atoms with E-state index >= 15 is 0 Å². The fraction of sp³-hybridized carbons (Fsp3) is 0.600. The molecule has 0 aromatic heterocycles. The second kappa shape index (κ2) is 8.33. The molecule has 3 rings (SSSR count). The van der Waals surface area contributed by atoms with Gasteiger partial charge in [0.05, 0.1) is 5.41 Å². The third-order valence-corrected chi connectivity index (χ3v) is 5.68. The maximum atomic E-state index is 14.0. The first-order chi connectivity index (χ1) is 12.9. The minimum atomic E-state index is -0.885. The summed E-state index contributed by atoms with van der Waals surface area (Å²) >= 11 is 0. The van der Waals surface area contributed by atoms with Crippen molar-refractivity contribution in [1.82, 2.24) is 15.1 Å². The number of benzene rings is 1.